The van der Waals surface area contributed by atoms with Gasteiger partial charge in [0.2, 0.25) is 0 Å². The number of pyridine rings is 1. The number of aromatic nitrogens is 3. The number of nitrogens with two attached hydrogens (primary N) is 1. The summed E-state index contributed by atoms with van der Waals surface area (Å²) in [6.45, 7) is 1.81. The van der Waals surface area contributed by atoms with Gasteiger partial charge in [-0.1, -0.05) is 24.3 Å². The number of allylic oxidation sites excluding steroid dienone is 1. The molecule has 1 aliphatic heterocycles. The smallest absolute Gasteiger partial charge is 0.287 e. The van der Waals surface area contributed by atoms with E-state index in [1.165, 1.54) is 11.8 Å². The number of nitrogens with zero attached hydrogens (tertiary/aromatic N) is 3. The van der Waals surface area contributed by atoms with Crippen molar-refractivity contribution in [1.29, 1.82) is 0 Å². The summed E-state index contributed by atoms with van der Waals surface area (Å²) in [6, 6.07) is 11.2. The molecule has 0 bridgehead atoms. The van der Waals surface area contributed by atoms with Crippen LogP contribution in [0.2, 0.25) is 0 Å². The SMILES string of the molecule is COC/C(=C(/N)C=O)N1CCc2ccc(CNC(=O)c3ncc(-c4ccccn4)c(=O)[nH]3)cc2C1. The third-order valence-electron chi connectivity index (χ3n) is 5.81. The lowest BCUT2D eigenvalue weighted by Gasteiger charge is -2.33. The first kappa shape index (κ1) is 23.8. The molecule has 4 rings (SSSR count). The Hall–Kier alpha value is -4.31. The van der Waals surface area contributed by atoms with Gasteiger partial charge in [-0.05, 0) is 35.2 Å². The number of H-pyrrole nitrogens is 1. The molecular weight excluding hydrogens is 448 g/mol. The van der Waals surface area contributed by atoms with Crippen molar-refractivity contribution < 1.29 is 14.3 Å². The first-order valence-corrected chi connectivity index (χ1v) is 11.1. The predicted molar refractivity (Wildman–Crippen MR) is 129 cm³/mol. The van der Waals surface area contributed by atoms with E-state index in [0.717, 1.165) is 24.1 Å². The molecule has 0 saturated heterocycles. The van der Waals surface area contributed by atoms with Gasteiger partial charge in [-0.15, -0.1) is 0 Å². The minimum atomic E-state index is -0.488. The lowest BCUT2D eigenvalue weighted by atomic mass is 9.96. The number of fused-ring (bicyclic) bond motifs is 1. The number of ether oxygens (including phenoxy) is 1. The number of hydrogen-bond acceptors (Lipinski definition) is 8. The zero-order valence-corrected chi connectivity index (χ0v) is 19.3. The summed E-state index contributed by atoms with van der Waals surface area (Å²) >= 11 is 0. The largest absolute Gasteiger partial charge is 0.395 e. The van der Waals surface area contributed by atoms with Crippen LogP contribution < -0.4 is 16.6 Å². The molecule has 0 aliphatic carbocycles. The molecule has 180 valence electrons. The highest BCUT2D eigenvalue weighted by molar-refractivity contribution is 5.90. The number of aldehydes is 1. The Kier molecular flexibility index (Phi) is 7.32. The van der Waals surface area contributed by atoms with E-state index in [1.54, 1.807) is 31.5 Å². The fourth-order valence-electron chi connectivity index (χ4n) is 3.99. The van der Waals surface area contributed by atoms with Gasteiger partial charge in [-0.2, -0.15) is 0 Å². The average molecular weight is 475 g/mol. The standard InChI is InChI=1S/C25H26N6O4/c1-35-15-22(20(26)14-32)31-9-7-17-6-5-16(10-18(17)13-31)11-29-25(34)23-28-12-19(24(33)30-23)21-4-2-3-8-27-21/h2-6,8,10,12,14H,7,9,11,13,15,26H2,1H3,(H,29,34)(H,28,30,33)/b22-20-. The minimum absolute atomic E-state index is 0.0718. The van der Waals surface area contributed by atoms with Crippen LogP contribution in [0.15, 0.2) is 65.0 Å². The lowest BCUT2D eigenvalue weighted by Crippen LogP contribution is -2.34. The van der Waals surface area contributed by atoms with Crippen molar-refractivity contribution in [3.05, 3.63) is 93.1 Å². The van der Waals surface area contributed by atoms with Gasteiger partial charge in [0, 0.05) is 39.1 Å². The van der Waals surface area contributed by atoms with Crippen molar-refractivity contribution in [2.45, 2.75) is 19.5 Å². The topological polar surface area (TPSA) is 143 Å². The summed E-state index contributed by atoms with van der Waals surface area (Å²) < 4.78 is 5.22. The van der Waals surface area contributed by atoms with E-state index in [1.807, 2.05) is 23.1 Å². The molecule has 4 N–H and O–H groups in total. The summed E-state index contributed by atoms with van der Waals surface area (Å²) in [5, 5.41) is 2.79. The minimum Gasteiger partial charge on any atom is -0.395 e. The number of aromatic amines is 1. The van der Waals surface area contributed by atoms with Crippen molar-refractivity contribution in [2.24, 2.45) is 5.73 Å². The first-order valence-electron chi connectivity index (χ1n) is 11.1. The molecule has 35 heavy (non-hydrogen) atoms. The fraction of sp³-hybridized carbons (Fsp3) is 0.240. The van der Waals surface area contributed by atoms with Gasteiger partial charge in [0.05, 0.1) is 29.3 Å². The molecular formula is C25H26N6O4. The molecule has 0 saturated carbocycles. The van der Waals surface area contributed by atoms with Crippen LogP contribution in [-0.4, -0.2) is 52.3 Å². The zero-order valence-electron chi connectivity index (χ0n) is 19.3. The molecule has 1 aromatic carbocycles. The van der Waals surface area contributed by atoms with Crippen LogP contribution in [0.1, 0.15) is 27.3 Å². The monoisotopic (exact) mass is 474 g/mol. The van der Waals surface area contributed by atoms with Crippen LogP contribution in [0.5, 0.6) is 0 Å². The number of rotatable bonds is 8. The van der Waals surface area contributed by atoms with Crippen LogP contribution in [0.3, 0.4) is 0 Å². The van der Waals surface area contributed by atoms with Crippen molar-refractivity contribution in [3.63, 3.8) is 0 Å². The molecule has 0 spiro atoms. The first-order chi connectivity index (χ1) is 17.0. The molecule has 2 aromatic heterocycles. The maximum Gasteiger partial charge on any atom is 0.287 e. The van der Waals surface area contributed by atoms with Gasteiger partial charge in [-0.25, -0.2) is 4.98 Å². The fourth-order valence-corrected chi connectivity index (χ4v) is 3.99. The van der Waals surface area contributed by atoms with Crippen molar-refractivity contribution >= 4 is 12.2 Å². The van der Waals surface area contributed by atoms with E-state index in [0.29, 0.717) is 29.8 Å². The van der Waals surface area contributed by atoms with Crippen molar-refractivity contribution in [3.8, 4) is 11.3 Å². The highest BCUT2D eigenvalue weighted by atomic mass is 16.5. The Morgan fingerprint density at radius 2 is 2.11 bits per heavy atom. The normalized spacial score (nSPS) is 13.6. The van der Waals surface area contributed by atoms with Crippen LogP contribution in [0, 0.1) is 0 Å². The lowest BCUT2D eigenvalue weighted by molar-refractivity contribution is -0.105. The molecule has 1 amide bonds. The molecule has 10 nitrogen and oxygen atoms in total. The number of carbonyl (C=O) groups excluding carboxylic acids is 2. The summed E-state index contributed by atoms with van der Waals surface area (Å²) in [5.74, 6) is -0.560. The van der Waals surface area contributed by atoms with Gasteiger partial charge in [-0.3, -0.25) is 19.4 Å². The van der Waals surface area contributed by atoms with E-state index in [4.69, 9.17) is 10.5 Å². The summed E-state index contributed by atoms with van der Waals surface area (Å²) in [7, 11) is 1.56. The second-order valence-electron chi connectivity index (χ2n) is 8.10. The van der Waals surface area contributed by atoms with E-state index < -0.39 is 11.5 Å². The van der Waals surface area contributed by atoms with Gasteiger partial charge in [0.25, 0.3) is 11.5 Å². The number of carbonyl (C=O) groups is 2. The Morgan fingerprint density at radius 1 is 1.26 bits per heavy atom. The third kappa shape index (κ3) is 5.44. The molecule has 0 radical (unpaired) electrons. The van der Waals surface area contributed by atoms with Crippen molar-refractivity contribution in [1.82, 2.24) is 25.2 Å². The molecule has 10 heteroatoms. The number of amides is 1. The maximum absolute atomic E-state index is 12.6. The number of hydrogen-bond donors (Lipinski definition) is 3. The maximum atomic E-state index is 12.6. The summed E-state index contributed by atoms with van der Waals surface area (Å²) in [6.07, 6.45) is 4.37. The molecule has 0 atom stereocenters. The van der Waals surface area contributed by atoms with Crippen LogP contribution in [0.25, 0.3) is 11.3 Å². The zero-order chi connectivity index (χ0) is 24.8. The number of methoxy groups -OCH3 is 1. The Morgan fingerprint density at radius 3 is 2.83 bits per heavy atom. The molecule has 0 fully saturated rings. The van der Waals surface area contributed by atoms with Crippen LogP contribution in [0.4, 0.5) is 0 Å². The predicted octanol–water partition coefficient (Wildman–Crippen LogP) is 1.14. The van der Waals surface area contributed by atoms with Gasteiger partial charge < -0.3 is 25.7 Å². The summed E-state index contributed by atoms with van der Waals surface area (Å²) in [4.78, 5) is 49.0. The van der Waals surface area contributed by atoms with Crippen LogP contribution in [-0.2, 0) is 29.0 Å². The van der Waals surface area contributed by atoms with Gasteiger partial charge in [0.1, 0.15) is 0 Å². The summed E-state index contributed by atoms with van der Waals surface area (Å²) in [5.41, 5.74) is 10.2. The Labute approximate surface area is 201 Å². The Bertz CT molecular complexity index is 1320. The second kappa shape index (κ2) is 10.7. The highest BCUT2D eigenvalue weighted by Gasteiger charge is 2.21. The molecule has 3 heterocycles. The van der Waals surface area contributed by atoms with E-state index in [9.17, 15) is 14.4 Å². The van der Waals surface area contributed by atoms with Crippen LogP contribution >= 0.6 is 0 Å². The second-order valence-corrected chi connectivity index (χ2v) is 8.10. The average Bonchev–Trinajstić information content (AvgIpc) is 2.89. The Balaban J connectivity index is 1.44. The molecule has 3 aromatic rings. The van der Waals surface area contributed by atoms with Crippen molar-refractivity contribution in [2.75, 3.05) is 20.3 Å². The third-order valence-corrected chi connectivity index (χ3v) is 5.81. The highest BCUT2D eigenvalue weighted by Crippen LogP contribution is 2.24. The van der Waals surface area contributed by atoms with E-state index in [2.05, 4.69) is 20.3 Å². The van der Waals surface area contributed by atoms with E-state index >= 15 is 0 Å². The molecule has 1 aliphatic rings. The van der Waals surface area contributed by atoms with Gasteiger partial charge in [0.15, 0.2) is 12.1 Å². The number of benzene rings is 1. The number of nitrogens with one attached hydrogen (secondary N) is 2. The van der Waals surface area contributed by atoms with E-state index in [-0.39, 0.29) is 24.7 Å². The molecule has 0 unspecified atom stereocenters. The van der Waals surface area contributed by atoms with Gasteiger partial charge >= 0.3 is 0 Å². The quantitative estimate of drug-likeness (QED) is 0.326.